The Kier molecular flexibility index (Phi) is 5.42. The molecule has 1 aromatic heterocycles. The first kappa shape index (κ1) is 11.7. The van der Waals surface area contributed by atoms with Crippen LogP contribution in [0.15, 0.2) is 12.4 Å². The van der Waals surface area contributed by atoms with E-state index in [9.17, 15) is 4.79 Å². The number of rotatable bonds is 7. The molecule has 3 N–H and O–H groups in total. The first-order valence-electron chi connectivity index (χ1n) is 4.81. The molecule has 1 rings (SSSR count). The van der Waals surface area contributed by atoms with Gasteiger partial charge in [0.2, 0.25) is 0 Å². The highest BCUT2D eigenvalue weighted by Gasteiger charge is 2.04. The van der Waals surface area contributed by atoms with Gasteiger partial charge in [-0.25, -0.2) is 0 Å². The summed E-state index contributed by atoms with van der Waals surface area (Å²) in [6, 6.07) is 0. The van der Waals surface area contributed by atoms with Crippen LogP contribution in [0.3, 0.4) is 0 Å². The highest BCUT2D eigenvalue weighted by molar-refractivity contribution is 5.93. The molecule has 0 saturated carbocycles. The minimum atomic E-state index is -0.114. The maximum atomic E-state index is 11.4. The molecule has 84 valence electrons. The van der Waals surface area contributed by atoms with Gasteiger partial charge in [-0.05, 0) is 0 Å². The van der Waals surface area contributed by atoms with Crippen molar-refractivity contribution in [2.24, 2.45) is 0 Å². The van der Waals surface area contributed by atoms with Crippen LogP contribution in [0, 0.1) is 0 Å². The van der Waals surface area contributed by atoms with Crippen molar-refractivity contribution >= 4 is 5.91 Å². The van der Waals surface area contributed by atoms with Gasteiger partial charge in [-0.2, -0.15) is 5.10 Å². The summed E-state index contributed by atoms with van der Waals surface area (Å²) < 4.78 is 4.87. The molecular weight excluding hydrogens is 196 g/mol. The van der Waals surface area contributed by atoms with Crippen molar-refractivity contribution in [1.29, 1.82) is 0 Å². The molecule has 0 aliphatic carbocycles. The molecule has 0 radical (unpaired) electrons. The maximum absolute atomic E-state index is 11.4. The molecule has 1 aromatic rings. The number of ether oxygens (including phenoxy) is 1. The highest BCUT2D eigenvalue weighted by Crippen LogP contribution is 1.91. The van der Waals surface area contributed by atoms with Crippen molar-refractivity contribution in [1.82, 2.24) is 20.8 Å². The van der Waals surface area contributed by atoms with Gasteiger partial charge in [0.25, 0.3) is 5.91 Å². The van der Waals surface area contributed by atoms with E-state index in [-0.39, 0.29) is 5.91 Å². The van der Waals surface area contributed by atoms with E-state index in [1.165, 1.54) is 6.20 Å². The highest BCUT2D eigenvalue weighted by atomic mass is 16.5. The smallest absolute Gasteiger partial charge is 0.254 e. The Morgan fingerprint density at radius 3 is 3.07 bits per heavy atom. The zero-order valence-electron chi connectivity index (χ0n) is 8.75. The third-order valence-corrected chi connectivity index (χ3v) is 1.83. The fourth-order valence-corrected chi connectivity index (χ4v) is 1.04. The first-order valence-corrected chi connectivity index (χ1v) is 4.81. The van der Waals surface area contributed by atoms with Gasteiger partial charge in [-0.3, -0.25) is 9.89 Å². The normalized spacial score (nSPS) is 10.2. The van der Waals surface area contributed by atoms with Crippen molar-refractivity contribution < 1.29 is 9.53 Å². The number of carbonyl (C=O) groups is 1. The maximum Gasteiger partial charge on any atom is 0.254 e. The van der Waals surface area contributed by atoms with E-state index in [1.54, 1.807) is 13.3 Å². The van der Waals surface area contributed by atoms with E-state index >= 15 is 0 Å². The lowest BCUT2D eigenvalue weighted by Gasteiger charge is -2.04. The molecule has 1 heterocycles. The lowest BCUT2D eigenvalue weighted by molar-refractivity contribution is 0.0954. The molecule has 6 nitrogen and oxygen atoms in total. The monoisotopic (exact) mass is 212 g/mol. The van der Waals surface area contributed by atoms with Crippen molar-refractivity contribution in [3.05, 3.63) is 18.0 Å². The summed E-state index contributed by atoms with van der Waals surface area (Å²) >= 11 is 0. The summed E-state index contributed by atoms with van der Waals surface area (Å²) in [6.45, 7) is 2.79. The van der Waals surface area contributed by atoms with Crippen molar-refractivity contribution in [2.75, 3.05) is 33.4 Å². The lowest BCUT2D eigenvalue weighted by Crippen LogP contribution is -2.32. The predicted octanol–water partition coefficient (Wildman–Crippen LogP) is -0.624. The van der Waals surface area contributed by atoms with Crippen LogP contribution in [0.4, 0.5) is 0 Å². The van der Waals surface area contributed by atoms with Crippen LogP contribution in [0.25, 0.3) is 0 Å². The molecule has 0 atom stereocenters. The van der Waals surface area contributed by atoms with Gasteiger partial charge in [0, 0.05) is 32.9 Å². The topological polar surface area (TPSA) is 79.0 Å². The van der Waals surface area contributed by atoms with Crippen molar-refractivity contribution in [3.63, 3.8) is 0 Å². The number of hydrogen-bond donors (Lipinski definition) is 3. The fraction of sp³-hybridized carbons (Fsp3) is 0.556. The van der Waals surface area contributed by atoms with Gasteiger partial charge >= 0.3 is 0 Å². The summed E-state index contributed by atoms with van der Waals surface area (Å²) in [5.41, 5.74) is 0.548. The largest absolute Gasteiger partial charge is 0.383 e. The van der Waals surface area contributed by atoms with Crippen LogP contribution in [0.1, 0.15) is 10.4 Å². The molecule has 0 bridgehead atoms. The molecular formula is C9H16N4O2. The Bertz CT molecular complexity index is 274. The zero-order chi connectivity index (χ0) is 10.9. The van der Waals surface area contributed by atoms with E-state index in [0.29, 0.717) is 18.7 Å². The predicted molar refractivity (Wildman–Crippen MR) is 55.7 cm³/mol. The molecule has 6 heteroatoms. The Balaban J connectivity index is 2.03. The average molecular weight is 212 g/mol. The molecule has 0 fully saturated rings. The number of carbonyl (C=O) groups excluding carboxylic acids is 1. The number of hydrogen-bond acceptors (Lipinski definition) is 4. The zero-order valence-corrected chi connectivity index (χ0v) is 8.75. The summed E-state index contributed by atoms with van der Waals surface area (Å²) in [5, 5.41) is 12.2. The van der Waals surface area contributed by atoms with Crippen molar-refractivity contribution in [2.45, 2.75) is 0 Å². The number of aromatic amines is 1. The lowest BCUT2D eigenvalue weighted by atomic mass is 10.3. The molecule has 0 spiro atoms. The number of methoxy groups -OCH3 is 1. The minimum absolute atomic E-state index is 0.114. The van der Waals surface area contributed by atoms with E-state index in [0.717, 1.165) is 13.1 Å². The number of H-pyrrole nitrogens is 1. The van der Waals surface area contributed by atoms with Gasteiger partial charge in [-0.15, -0.1) is 0 Å². The summed E-state index contributed by atoms with van der Waals surface area (Å²) in [6.07, 6.45) is 3.06. The summed E-state index contributed by atoms with van der Waals surface area (Å²) in [7, 11) is 1.66. The van der Waals surface area contributed by atoms with Gasteiger partial charge in [0.05, 0.1) is 18.4 Å². The van der Waals surface area contributed by atoms with Crippen LogP contribution >= 0.6 is 0 Å². The Hall–Kier alpha value is -1.40. The number of nitrogens with one attached hydrogen (secondary N) is 3. The molecule has 0 aliphatic rings. The molecule has 15 heavy (non-hydrogen) atoms. The summed E-state index contributed by atoms with van der Waals surface area (Å²) in [4.78, 5) is 11.4. The van der Waals surface area contributed by atoms with E-state index in [1.807, 2.05) is 0 Å². The number of nitrogens with zero attached hydrogens (tertiary/aromatic N) is 1. The van der Waals surface area contributed by atoms with Gasteiger partial charge in [0.1, 0.15) is 0 Å². The fourth-order valence-electron chi connectivity index (χ4n) is 1.04. The SMILES string of the molecule is COCCNCCNC(=O)c1cn[nH]c1. The Labute approximate surface area is 88.4 Å². The first-order chi connectivity index (χ1) is 7.34. The molecule has 0 aliphatic heterocycles. The molecule has 0 unspecified atom stereocenters. The summed E-state index contributed by atoms with van der Waals surface area (Å²) in [5.74, 6) is -0.114. The Morgan fingerprint density at radius 1 is 1.53 bits per heavy atom. The average Bonchev–Trinajstić information content (AvgIpc) is 2.76. The van der Waals surface area contributed by atoms with Crippen LogP contribution in [0.5, 0.6) is 0 Å². The second-order valence-electron chi connectivity index (χ2n) is 2.99. The number of amides is 1. The van der Waals surface area contributed by atoms with E-state index < -0.39 is 0 Å². The molecule has 1 amide bonds. The van der Waals surface area contributed by atoms with Gasteiger partial charge in [0.15, 0.2) is 0 Å². The van der Waals surface area contributed by atoms with Crippen LogP contribution in [0.2, 0.25) is 0 Å². The number of aromatic nitrogens is 2. The van der Waals surface area contributed by atoms with Crippen LogP contribution in [-0.4, -0.2) is 49.5 Å². The quantitative estimate of drug-likeness (QED) is 0.526. The molecule has 0 saturated heterocycles. The van der Waals surface area contributed by atoms with Gasteiger partial charge in [-0.1, -0.05) is 0 Å². The standard InChI is InChI=1S/C9H16N4O2/c1-15-5-4-10-2-3-11-9(14)8-6-12-13-7-8/h6-7,10H,2-5H2,1H3,(H,11,14)(H,12,13). The van der Waals surface area contributed by atoms with Crippen molar-refractivity contribution in [3.8, 4) is 0 Å². The minimum Gasteiger partial charge on any atom is -0.383 e. The van der Waals surface area contributed by atoms with Crippen LogP contribution < -0.4 is 10.6 Å². The second kappa shape index (κ2) is 6.97. The van der Waals surface area contributed by atoms with E-state index in [4.69, 9.17) is 4.74 Å². The van der Waals surface area contributed by atoms with Crippen LogP contribution in [-0.2, 0) is 4.74 Å². The second-order valence-corrected chi connectivity index (χ2v) is 2.99. The Morgan fingerprint density at radius 2 is 2.40 bits per heavy atom. The van der Waals surface area contributed by atoms with Gasteiger partial charge < -0.3 is 15.4 Å². The molecule has 0 aromatic carbocycles. The third-order valence-electron chi connectivity index (χ3n) is 1.83. The van der Waals surface area contributed by atoms with E-state index in [2.05, 4.69) is 20.8 Å². The third kappa shape index (κ3) is 4.57.